The summed E-state index contributed by atoms with van der Waals surface area (Å²) in [7, 11) is 0. The molecule has 0 fully saturated rings. The number of carbonyl (C=O) groups is 1. The molecule has 0 aliphatic rings. The Morgan fingerprint density at radius 1 is 1.33 bits per heavy atom. The lowest BCUT2D eigenvalue weighted by Crippen LogP contribution is -1.91. The molecule has 0 aromatic heterocycles. The molecule has 0 aromatic rings. The summed E-state index contributed by atoms with van der Waals surface area (Å²) in [5.74, 6) is 0.718. The molecule has 0 aromatic carbocycles. The molecular weight excluding hydrogens is 222 g/mol. The van der Waals surface area contributed by atoms with Gasteiger partial charge in [-0.3, -0.25) is 0 Å². The summed E-state index contributed by atoms with van der Waals surface area (Å²) in [4.78, 5) is 8.60. The lowest BCUT2D eigenvalue weighted by molar-refractivity contribution is 0.220. The van der Waals surface area contributed by atoms with Crippen molar-refractivity contribution in [3.63, 3.8) is 0 Å². The molecule has 0 radical (unpaired) electrons. The van der Waals surface area contributed by atoms with Crippen molar-refractivity contribution in [3.05, 3.63) is 0 Å². The average Bonchev–Trinajstić information content (AvgIpc) is 1.82. The molecule has 0 unspecified atom stereocenters. The zero-order valence-corrected chi connectivity index (χ0v) is 9.33. The van der Waals surface area contributed by atoms with Gasteiger partial charge in [-0.1, -0.05) is 13.8 Å². The quantitative estimate of drug-likeness (QED) is 0.590. The molecule has 0 heterocycles. The lowest BCUT2D eigenvalue weighted by atomic mass is 10.1. The average molecular weight is 236 g/mol. The fourth-order valence-corrected chi connectivity index (χ4v) is 0.711. The molecule has 0 amide bonds. The fourth-order valence-electron chi connectivity index (χ4n) is 0.459. The van der Waals surface area contributed by atoms with Crippen LogP contribution in [0.3, 0.4) is 0 Å². The van der Waals surface area contributed by atoms with E-state index < -0.39 is 5.43 Å². The molecule has 0 aliphatic heterocycles. The summed E-state index contributed by atoms with van der Waals surface area (Å²) < 4.78 is 0. The number of carboxylic acid groups (broad SMARTS) is 1. The van der Waals surface area contributed by atoms with Crippen LogP contribution in [0, 0.1) is 5.92 Å². The Kier molecular flexibility index (Phi) is 11.7. The maximum absolute atomic E-state index is 8.77. The number of alkyl halides is 2. The molecule has 0 atom stereocenters. The van der Waals surface area contributed by atoms with E-state index >= 15 is 0 Å². The minimum Gasteiger partial charge on any atom is -0.469 e. The van der Waals surface area contributed by atoms with Crippen molar-refractivity contribution in [2.75, 3.05) is 0 Å². The van der Waals surface area contributed by atoms with Gasteiger partial charge in [-0.2, -0.15) is 0 Å². The molecule has 0 saturated carbocycles. The summed E-state index contributed by atoms with van der Waals surface area (Å²) >= 11 is 15.2. The number of hydrogen-bond acceptors (Lipinski definition) is 1. The van der Waals surface area contributed by atoms with Crippen molar-refractivity contribution < 1.29 is 9.90 Å². The first-order chi connectivity index (χ1) is 5.36. The van der Waals surface area contributed by atoms with E-state index in [1.54, 1.807) is 0 Å². The first kappa shape index (κ1) is 14.8. The van der Waals surface area contributed by atoms with Crippen molar-refractivity contribution in [2.24, 2.45) is 5.92 Å². The zero-order chi connectivity index (χ0) is 10.1. The molecule has 2 nitrogen and oxygen atoms in total. The van der Waals surface area contributed by atoms with Gasteiger partial charge in [-0.25, -0.2) is 4.79 Å². The monoisotopic (exact) mass is 234 g/mol. The van der Waals surface area contributed by atoms with Gasteiger partial charge in [0.15, 0.2) is 0 Å². The number of halogens is 3. The first-order valence-corrected chi connectivity index (χ1v) is 4.78. The van der Waals surface area contributed by atoms with Crippen LogP contribution in [0.1, 0.15) is 26.7 Å². The molecule has 0 saturated heterocycles. The minimum atomic E-state index is -1.36. The van der Waals surface area contributed by atoms with Gasteiger partial charge in [0.2, 0.25) is 0 Å². The third-order valence-electron chi connectivity index (χ3n) is 0.962. The van der Waals surface area contributed by atoms with Gasteiger partial charge in [-0.05, 0) is 18.8 Å². The van der Waals surface area contributed by atoms with Crippen LogP contribution in [-0.2, 0) is 0 Å². The molecular formula is C7H13Cl3O2. The largest absolute Gasteiger partial charge is 0.469 e. The van der Waals surface area contributed by atoms with Crippen molar-refractivity contribution in [1.82, 2.24) is 0 Å². The highest BCUT2D eigenvalue weighted by Gasteiger charge is 1.99. The Morgan fingerprint density at radius 3 is 1.75 bits per heavy atom. The SMILES string of the molecule is CC(C)CCC(Cl)Cl.O=C(O)Cl. The second-order valence-electron chi connectivity index (χ2n) is 2.62. The van der Waals surface area contributed by atoms with Crippen LogP contribution in [0.4, 0.5) is 4.79 Å². The van der Waals surface area contributed by atoms with Crippen LogP contribution in [0.2, 0.25) is 0 Å². The summed E-state index contributed by atoms with van der Waals surface area (Å²) in [6.45, 7) is 4.33. The van der Waals surface area contributed by atoms with Crippen LogP contribution in [0.5, 0.6) is 0 Å². The van der Waals surface area contributed by atoms with Crippen LogP contribution < -0.4 is 0 Å². The molecule has 0 spiro atoms. The Morgan fingerprint density at radius 2 is 1.67 bits per heavy atom. The highest BCUT2D eigenvalue weighted by atomic mass is 35.5. The molecule has 5 heteroatoms. The van der Waals surface area contributed by atoms with E-state index in [2.05, 4.69) is 25.4 Å². The third-order valence-corrected chi connectivity index (χ3v) is 1.40. The predicted molar refractivity (Wildman–Crippen MR) is 53.4 cm³/mol. The fraction of sp³-hybridized carbons (Fsp3) is 0.857. The van der Waals surface area contributed by atoms with Gasteiger partial charge in [0.1, 0.15) is 4.84 Å². The highest BCUT2D eigenvalue weighted by molar-refractivity contribution is 6.60. The Hall–Kier alpha value is 0.340. The van der Waals surface area contributed by atoms with E-state index in [9.17, 15) is 0 Å². The normalized spacial score (nSPS) is 9.58. The van der Waals surface area contributed by atoms with Gasteiger partial charge >= 0.3 is 5.43 Å². The number of hydrogen-bond donors (Lipinski definition) is 1. The summed E-state index contributed by atoms with van der Waals surface area (Å²) in [5.41, 5.74) is -1.36. The predicted octanol–water partition coefficient (Wildman–Crippen LogP) is 4.13. The minimum absolute atomic E-state index is 0.169. The van der Waals surface area contributed by atoms with E-state index in [0.717, 1.165) is 18.8 Å². The van der Waals surface area contributed by atoms with Gasteiger partial charge in [0, 0.05) is 11.6 Å². The van der Waals surface area contributed by atoms with Crippen molar-refractivity contribution >= 4 is 40.2 Å². The Labute approximate surface area is 87.8 Å². The smallest absolute Gasteiger partial charge is 0.401 e. The summed E-state index contributed by atoms with van der Waals surface area (Å²) in [6.07, 6.45) is 2.04. The van der Waals surface area contributed by atoms with Crippen molar-refractivity contribution in [2.45, 2.75) is 31.5 Å². The Balaban J connectivity index is 0. The van der Waals surface area contributed by atoms with E-state index in [0.29, 0.717) is 0 Å². The molecule has 12 heavy (non-hydrogen) atoms. The van der Waals surface area contributed by atoms with E-state index in [-0.39, 0.29) is 4.84 Å². The second kappa shape index (κ2) is 9.43. The maximum Gasteiger partial charge on any atom is 0.401 e. The molecule has 0 rings (SSSR count). The second-order valence-corrected chi connectivity index (χ2v) is 4.22. The number of rotatable bonds is 3. The Bertz CT molecular complexity index is 103. The van der Waals surface area contributed by atoms with Crippen molar-refractivity contribution in [3.8, 4) is 0 Å². The van der Waals surface area contributed by atoms with Gasteiger partial charge in [-0.15, -0.1) is 23.2 Å². The third kappa shape index (κ3) is 31.6. The van der Waals surface area contributed by atoms with Gasteiger partial charge in [0.25, 0.3) is 0 Å². The van der Waals surface area contributed by atoms with Crippen LogP contribution in [0.15, 0.2) is 0 Å². The first-order valence-electron chi connectivity index (χ1n) is 3.52. The topological polar surface area (TPSA) is 37.3 Å². The van der Waals surface area contributed by atoms with Crippen molar-refractivity contribution in [1.29, 1.82) is 0 Å². The lowest BCUT2D eigenvalue weighted by Gasteiger charge is -2.02. The maximum atomic E-state index is 8.77. The molecule has 0 aliphatic carbocycles. The molecule has 1 N–H and O–H groups in total. The van der Waals surface area contributed by atoms with Crippen LogP contribution in [-0.4, -0.2) is 15.4 Å². The zero-order valence-electron chi connectivity index (χ0n) is 7.06. The van der Waals surface area contributed by atoms with E-state index in [1.807, 2.05) is 0 Å². The van der Waals surface area contributed by atoms with Crippen LogP contribution in [0.25, 0.3) is 0 Å². The highest BCUT2D eigenvalue weighted by Crippen LogP contribution is 2.13. The molecule has 0 bridgehead atoms. The van der Waals surface area contributed by atoms with Gasteiger partial charge in [0.05, 0.1) is 0 Å². The summed E-state index contributed by atoms with van der Waals surface area (Å²) in [6, 6.07) is 0. The van der Waals surface area contributed by atoms with Gasteiger partial charge < -0.3 is 5.11 Å². The molecule has 74 valence electrons. The van der Waals surface area contributed by atoms with E-state index in [1.165, 1.54) is 0 Å². The summed E-state index contributed by atoms with van der Waals surface area (Å²) in [5, 5.41) is 7.18. The van der Waals surface area contributed by atoms with Crippen LogP contribution >= 0.6 is 34.8 Å². The van der Waals surface area contributed by atoms with E-state index in [4.69, 9.17) is 33.1 Å². The standard InChI is InChI=1S/C6H12Cl2.CHClO2/c1-5(2)3-4-6(7)8;2-1(3)4/h5-6H,3-4H2,1-2H3;(H,3,4).